The van der Waals surface area contributed by atoms with Gasteiger partial charge in [-0.15, -0.1) is 0 Å². The molecule has 0 aromatic rings. The first kappa shape index (κ1) is 8.49. The van der Waals surface area contributed by atoms with Gasteiger partial charge < -0.3 is 5.73 Å². The largest absolute Gasteiger partial charge is 0.329 e. The van der Waals surface area contributed by atoms with Gasteiger partial charge in [0.15, 0.2) is 0 Å². The molecule has 1 atom stereocenters. The summed E-state index contributed by atoms with van der Waals surface area (Å²) in [6, 6.07) is 0.328. The maximum atomic E-state index is 11.1. The van der Waals surface area contributed by atoms with Crippen LogP contribution in [0.3, 0.4) is 0 Å². The summed E-state index contributed by atoms with van der Waals surface area (Å²) in [4.78, 5) is 11.1. The van der Waals surface area contributed by atoms with Crippen LogP contribution in [0, 0.1) is 0 Å². The molecule has 1 amide bonds. The van der Waals surface area contributed by atoms with Crippen LogP contribution < -0.4 is 11.2 Å². The molecular formula is C7H15N3O. The van der Waals surface area contributed by atoms with Gasteiger partial charge in [0.2, 0.25) is 5.91 Å². The molecule has 1 unspecified atom stereocenters. The highest BCUT2D eigenvalue weighted by atomic mass is 16.2. The van der Waals surface area contributed by atoms with Gasteiger partial charge in [-0.05, 0) is 6.42 Å². The zero-order valence-electron chi connectivity index (χ0n) is 6.84. The van der Waals surface area contributed by atoms with E-state index in [1.54, 1.807) is 5.01 Å². The minimum atomic E-state index is 0.169. The maximum Gasteiger partial charge on any atom is 0.238 e. The van der Waals surface area contributed by atoms with E-state index in [4.69, 9.17) is 5.73 Å². The van der Waals surface area contributed by atoms with E-state index in [2.05, 4.69) is 12.3 Å². The molecule has 1 heterocycles. The Morgan fingerprint density at radius 1 is 1.82 bits per heavy atom. The molecule has 64 valence electrons. The number of nitrogens with zero attached hydrogens (tertiary/aromatic N) is 1. The van der Waals surface area contributed by atoms with Gasteiger partial charge in [-0.1, -0.05) is 6.92 Å². The van der Waals surface area contributed by atoms with Crippen molar-refractivity contribution in [1.29, 1.82) is 0 Å². The lowest BCUT2D eigenvalue weighted by Crippen LogP contribution is -2.40. The van der Waals surface area contributed by atoms with Crippen molar-refractivity contribution < 1.29 is 4.79 Å². The van der Waals surface area contributed by atoms with Crippen LogP contribution in [-0.4, -0.2) is 30.0 Å². The third-order valence-corrected chi connectivity index (χ3v) is 1.91. The Kier molecular flexibility index (Phi) is 2.84. The Morgan fingerprint density at radius 3 is 3.00 bits per heavy atom. The minimum Gasteiger partial charge on any atom is -0.329 e. The molecule has 0 aromatic carbocycles. The van der Waals surface area contributed by atoms with E-state index < -0.39 is 0 Å². The van der Waals surface area contributed by atoms with Crippen LogP contribution >= 0.6 is 0 Å². The molecule has 4 nitrogen and oxygen atoms in total. The van der Waals surface area contributed by atoms with Crippen molar-refractivity contribution in [2.45, 2.75) is 25.8 Å². The van der Waals surface area contributed by atoms with Gasteiger partial charge in [0, 0.05) is 25.6 Å². The summed E-state index contributed by atoms with van der Waals surface area (Å²) in [7, 11) is 0. The van der Waals surface area contributed by atoms with Crippen molar-refractivity contribution in [3.63, 3.8) is 0 Å². The Hall–Kier alpha value is -0.610. The van der Waals surface area contributed by atoms with Crippen LogP contribution in [0.1, 0.15) is 19.8 Å². The zero-order chi connectivity index (χ0) is 8.27. The lowest BCUT2D eigenvalue weighted by Gasteiger charge is -2.15. The fourth-order valence-electron chi connectivity index (χ4n) is 1.21. The molecule has 0 saturated carbocycles. The number of carbonyl (C=O) groups excluding carboxylic acids is 1. The predicted octanol–water partition coefficient (Wildman–Crippen LogP) is -0.539. The molecule has 0 aliphatic carbocycles. The van der Waals surface area contributed by atoms with Crippen LogP contribution in [0.2, 0.25) is 0 Å². The maximum absolute atomic E-state index is 11.1. The van der Waals surface area contributed by atoms with Crippen molar-refractivity contribution in [3.8, 4) is 0 Å². The van der Waals surface area contributed by atoms with Gasteiger partial charge in [0.1, 0.15) is 0 Å². The Balaban J connectivity index is 2.38. The molecule has 1 aliphatic rings. The number of carbonyl (C=O) groups is 1. The summed E-state index contributed by atoms with van der Waals surface area (Å²) in [5, 5.41) is 1.62. The summed E-state index contributed by atoms with van der Waals surface area (Å²) in [6.45, 7) is 3.21. The molecule has 4 heteroatoms. The molecule has 1 saturated heterocycles. The smallest absolute Gasteiger partial charge is 0.238 e. The van der Waals surface area contributed by atoms with Crippen LogP contribution in [-0.2, 0) is 4.79 Å². The summed E-state index contributed by atoms with van der Waals surface area (Å²) in [5.41, 5.74) is 8.42. The topological polar surface area (TPSA) is 58.4 Å². The van der Waals surface area contributed by atoms with Gasteiger partial charge >= 0.3 is 0 Å². The number of nitrogens with one attached hydrogen (secondary N) is 1. The number of rotatable bonds is 3. The van der Waals surface area contributed by atoms with Gasteiger partial charge in [0.05, 0.1) is 0 Å². The molecule has 0 spiro atoms. The first-order valence-electron chi connectivity index (χ1n) is 4.04. The van der Waals surface area contributed by atoms with E-state index in [1.165, 1.54) is 0 Å². The van der Waals surface area contributed by atoms with Gasteiger partial charge in [0.25, 0.3) is 0 Å². The average molecular weight is 157 g/mol. The van der Waals surface area contributed by atoms with Crippen molar-refractivity contribution in [2.75, 3.05) is 13.1 Å². The Morgan fingerprint density at radius 2 is 2.55 bits per heavy atom. The number of hydrazine groups is 1. The molecular weight excluding hydrogens is 142 g/mol. The number of amides is 1. The van der Waals surface area contributed by atoms with Gasteiger partial charge in [-0.25, -0.2) is 5.43 Å². The first-order valence-corrected chi connectivity index (χ1v) is 4.04. The summed E-state index contributed by atoms with van der Waals surface area (Å²) in [6.07, 6.45) is 1.61. The van der Waals surface area contributed by atoms with Gasteiger partial charge in [-0.2, -0.15) is 0 Å². The number of nitrogens with two attached hydrogens (primary N) is 1. The van der Waals surface area contributed by atoms with Crippen molar-refractivity contribution in [3.05, 3.63) is 0 Å². The summed E-state index contributed by atoms with van der Waals surface area (Å²) in [5.74, 6) is 0.169. The second kappa shape index (κ2) is 3.69. The summed E-state index contributed by atoms with van der Waals surface area (Å²) < 4.78 is 0. The van der Waals surface area contributed by atoms with Crippen LogP contribution in [0.5, 0.6) is 0 Å². The van der Waals surface area contributed by atoms with E-state index in [0.717, 1.165) is 6.42 Å². The van der Waals surface area contributed by atoms with E-state index in [9.17, 15) is 4.79 Å². The third kappa shape index (κ3) is 1.91. The van der Waals surface area contributed by atoms with E-state index in [1.807, 2.05) is 0 Å². The number of hydrogen-bond acceptors (Lipinski definition) is 3. The third-order valence-electron chi connectivity index (χ3n) is 1.91. The average Bonchev–Trinajstić information content (AvgIpc) is 2.33. The molecule has 1 aliphatic heterocycles. The highest BCUT2D eigenvalue weighted by Gasteiger charge is 2.26. The Bertz CT molecular complexity index is 149. The molecule has 0 bridgehead atoms. The van der Waals surface area contributed by atoms with Crippen molar-refractivity contribution in [2.24, 2.45) is 5.73 Å². The molecule has 3 N–H and O–H groups in total. The van der Waals surface area contributed by atoms with Crippen molar-refractivity contribution in [1.82, 2.24) is 10.4 Å². The molecule has 0 radical (unpaired) electrons. The molecule has 0 aromatic heterocycles. The highest BCUT2D eigenvalue weighted by Crippen LogP contribution is 2.08. The molecule has 11 heavy (non-hydrogen) atoms. The SMILES string of the molecule is CCC1CC(=O)N(CCN)N1. The van der Waals surface area contributed by atoms with E-state index in [0.29, 0.717) is 25.6 Å². The van der Waals surface area contributed by atoms with Crippen LogP contribution in [0.25, 0.3) is 0 Å². The van der Waals surface area contributed by atoms with Crippen LogP contribution in [0.15, 0.2) is 0 Å². The van der Waals surface area contributed by atoms with Crippen LogP contribution in [0.4, 0.5) is 0 Å². The number of hydrogen-bond donors (Lipinski definition) is 2. The Labute approximate surface area is 66.7 Å². The quantitative estimate of drug-likeness (QED) is 0.578. The fraction of sp³-hybridized carbons (Fsp3) is 0.857. The minimum absolute atomic E-state index is 0.169. The highest BCUT2D eigenvalue weighted by molar-refractivity contribution is 5.78. The van der Waals surface area contributed by atoms with Crippen molar-refractivity contribution >= 4 is 5.91 Å². The summed E-state index contributed by atoms with van der Waals surface area (Å²) >= 11 is 0. The second-order valence-electron chi connectivity index (χ2n) is 2.77. The van der Waals surface area contributed by atoms with Gasteiger partial charge in [-0.3, -0.25) is 9.80 Å². The molecule has 1 fully saturated rings. The second-order valence-corrected chi connectivity index (χ2v) is 2.77. The molecule has 1 rings (SSSR count). The first-order chi connectivity index (χ1) is 5.27. The fourth-order valence-corrected chi connectivity index (χ4v) is 1.21. The van der Waals surface area contributed by atoms with E-state index in [-0.39, 0.29) is 5.91 Å². The monoisotopic (exact) mass is 157 g/mol. The lowest BCUT2D eigenvalue weighted by atomic mass is 10.2. The predicted molar refractivity (Wildman–Crippen MR) is 42.6 cm³/mol. The standard InChI is InChI=1S/C7H15N3O/c1-2-6-5-7(11)10(9-6)4-3-8/h6,9H,2-5,8H2,1H3. The zero-order valence-corrected chi connectivity index (χ0v) is 6.84. The van der Waals surface area contributed by atoms with E-state index >= 15 is 0 Å². The normalized spacial score (nSPS) is 24.7. The lowest BCUT2D eigenvalue weighted by molar-refractivity contribution is -0.129.